The average molecular weight is 321 g/mol. The van der Waals surface area contributed by atoms with Crippen molar-refractivity contribution in [1.82, 2.24) is 0 Å². The SMILES string of the molecule is COc1cccc2c1N(c1ccc(OC(F)(F)F)cc1)CC=C2. The Morgan fingerprint density at radius 1 is 1.04 bits per heavy atom. The normalized spacial score (nSPS) is 13.7. The van der Waals surface area contributed by atoms with Crippen LogP contribution in [-0.2, 0) is 0 Å². The Morgan fingerprint density at radius 2 is 1.78 bits per heavy atom. The molecule has 0 unspecified atom stereocenters. The molecule has 6 heteroatoms. The van der Waals surface area contributed by atoms with Gasteiger partial charge in [-0.2, -0.15) is 0 Å². The summed E-state index contributed by atoms with van der Waals surface area (Å²) in [6.45, 7) is 0.604. The molecule has 0 bridgehead atoms. The number of anilines is 2. The van der Waals surface area contributed by atoms with Crippen LogP contribution in [0, 0.1) is 0 Å². The van der Waals surface area contributed by atoms with Crippen molar-refractivity contribution in [2.45, 2.75) is 6.36 Å². The van der Waals surface area contributed by atoms with Crippen LogP contribution in [-0.4, -0.2) is 20.0 Å². The largest absolute Gasteiger partial charge is 0.573 e. The van der Waals surface area contributed by atoms with Gasteiger partial charge in [0.1, 0.15) is 11.5 Å². The molecule has 0 N–H and O–H groups in total. The number of para-hydroxylation sites is 1. The number of halogens is 3. The van der Waals surface area contributed by atoms with Gasteiger partial charge in [-0.05, 0) is 30.3 Å². The van der Waals surface area contributed by atoms with Gasteiger partial charge in [-0.15, -0.1) is 13.2 Å². The topological polar surface area (TPSA) is 21.7 Å². The lowest BCUT2D eigenvalue weighted by Gasteiger charge is -2.29. The first kappa shape index (κ1) is 15.3. The van der Waals surface area contributed by atoms with Gasteiger partial charge < -0.3 is 14.4 Å². The van der Waals surface area contributed by atoms with Gasteiger partial charge in [0.25, 0.3) is 0 Å². The molecule has 0 atom stereocenters. The predicted molar refractivity (Wildman–Crippen MR) is 82.2 cm³/mol. The highest BCUT2D eigenvalue weighted by atomic mass is 19.4. The van der Waals surface area contributed by atoms with Gasteiger partial charge in [-0.3, -0.25) is 0 Å². The first-order valence-corrected chi connectivity index (χ1v) is 6.95. The lowest BCUT2D eigenvalue weighted by molar-refractivity contribution is -0.274. The Kier molecular flexibility index (Phi) is 3.90. The Balaban J connectivity index is 1.93. The summed E-state index contributed by atoms with van der Waals surface area (Å²) in [4.78, 5) is 1.98. The number of nitrogens with zero attached hydrogens (tertiary/aromatic N) is 1. The molecule has 3 nitrogen and oxygen atoms in total. The zero-order chi connectivity index (χ0) is 16.4. The van der Waals surface area contributed by atoms with E-state index in [0.717, 1.165) is 16.9 Å². The molecule has 1 aliphatic rings. The number of methoxy groups -OCH3 is 1. The molecule has 120 valence electrons. The Hall–Kier alpha value is -2.63. The molecule has 23 heavy (non-hydrogen) atoms. The molecule has 3 rings (SSSR count). The van der Waals surface area contributed by atoms with Gasteiger partial charge >= 0.3 is 6.36 Å². The van der Waals surface area contributed by atoms with E-state index in [2.05, 4.69) is 4.74 Å². The summed E-state index contributed by atoms with van der Waals surface area (Å²) in [5, 5.41) is 0. The van der Waals surface area contributed by atoms with Crippen LogP contribution in [0.3, 0.4) is 0 Å². The highest BCUT2D eigenvalue weighted by Gasteiger charge is 2.31. The molecule has 0 saturated heterocycles. The molecule has 0 aromatic heterocycles. The van der Waals surface area contributed by atoms with Crippen molar-refractivity contribution in [2.75, 3.05) is 18.6 Å². The van der Waals surface area contributed by atoms with Crippen LogP contribution in [0.1, 0.15) is 5.56 Å². The van der Waals surface area contributed by atoms with E-state index in [1.165, 1.54) is 12.1 Å². The molecule has 0 radical (unpaired) electrons. The van der Waals surface area contributed by atoms with Crippen LogP contribution < -0.4 is 14.4 Å². The molecular formula is C17H14F3NO2. The van der Waals surface area contributed by atoms with Gasteiger partial charge in [0.2, 0.25) is 0 Å². The molecule has 0 aliphatic carbocycles. The zero-order valence-corrected chi connectivity index (χ0v) is 12.3. The van der Waals surface area contributed by atoms with E-state index < -0.39 is 6.36 Å². The fraction of sp³-hybridized carbons (Fsp3) is 0.176. The van der Waals surface area contributed by atoms with E-state index >= 15 is 0 Å². The third kappa shape index (κ3) is 3.26. The minimum atomic E-state index is -4.69. The van der Waals surface area contributed by atoms with Gasteiger partial charge in [0.05, 0.1) is 12.8 Å². The van der Waals surface area contributed by atoms with Crippen molar-refractivity contribution in [1.29, 1.82) is 0 Å². The number of hydrogen-bond acceptors (Lipinski definition) is 3. The van der Waals surface area contributed by atoms with Crippen molar-refractivity contribution in [3.05, 3.63) is 54.1 Å². The number of hydrogen-bond donors (Lipinski definition) is 0. The van der Waals surface area contributed by atoms with Crippen molar-refractivity contribution >= 4 is 17.5 Å². The molecule has 1 aliphatic heterocycles. The molecule has 0 spiro atoms. The molecule has 0 saturated carbocycles. The lowest BCUT2D eigenvalue weighted by Crippen LogP contribution is -2.21. The molecule has 0 amide bonds. The zero-order valence-electron chi connectivity index (χ0n) is 12.3. The number of fused-ring (bicyclic) bond motifs is 1. The fourth-order valence-electron chi connectivity index (χ4n) is 2.57. The number of rotatable bonds is 3. The van der Waals surface area contributed by atoms with Gasteiger partial charge in [-0.25, -0.2) is 0 Å². The average Bonchev–Trinajstić information content (AvgIpc) is 2.53. The molecule has 2 aromatic carbocycles. The van der Waals surface area contributed by atoms with E-state index in [0.29, 0.717) is 12.3 Å². The number of ether oxygens (including phenoxy) is 2. The second-order valence-electron chi connectivity index (χ2n) is 4.95. The van der Waals surface area contributed by atoms with E-state index in [1.54, 1.807) is 19.2 Å². The summed E-state index contributed by atoms with van der Waals surface area (Å²) in [7, 11) is 1.59. The molecule has 1 heterocycles. The van der Waals surface area contributed by atoms with E-state index in [9.17, 15) is 13.2 Å². The summed E-state index contributed by atoms with van der Waals surface area (Å²) in [6, 6.07) is 11.5. The highest BCUT2D eigenvalue weighted by molar-refractivity contribution is 5.82. The van der Waals surface area contributed by atoms with Crippen LogP contribution in [0.2, 0.25) is 0 Å². The Bertz CT molecular complexity index is 724. The maximum Gasteiger partial charge on any atom is 0.573 e. The monoisotopic (exact) mass is 321 g/mol. The second-order valence-corrected chi connectivity index (χ2v) is 4.95. The Morgan fingerprint density at radius 3 is 2.43 bits per heavy atom. The van der Waals surface area contributed by atoms with Crippen molar-refractivity contribution in [2.24, 2.45) is 0 Å². The highest BCUT2D eigenvalue weighted by Crippen LogP contribution is 2.40. The van der Waals surface area contributed by atoms with E-state index in [-0.39, 0.29) is 5.75 Å². The summed E-state index contributed by atoms with van der Waals surface area (Å²) < 4.78 is 46.0. The molecule has 2 aromatic rings. The molecular weight excluding hydrogens is 307 g/mol. The minimum absolute atomic E-state index is 0.242. The van der Waals surface area contributed by atoms with E-state index in [1.807, 2.05) is 35.3 Å². The van der Waals surface area contributed by atoms with Gasteiger partial charge in [-0.1, -0.05) is 24.3 Å². The third-order valence-corrected chi connectivity index (χ3v) is 3.49. The van der Waals surface area contributed by atoms with Crippen molar-refractivity contribution in [3.63, 3.8) is 0 Å². The summed E-state index contributed by atoms with van der Waals surface area (Å²) in [6.07, 6.45) is -0.706. The maximum atomic E-state index is 12.2. The van der Waals surface area contributed by atoms with Crippen LogP contribution >= 0.6 is 0 Å². The van der Waals surface area contributed by atoms with Gasteiger partial charge in [0, 0.05) is 17.8 Å². The fourth-order valence-corrected chi connectivity index (χ4v) is 2.57. The van der Waals surface area contributed by atoms with Crippen LogP contribution in [0.5, 0.6) is 11.5 Å². The summed E-state index contributed by atoms with van der Waals surface area (Å²) in [5.74, 6) is 0.469. The van der Waals surface area contributed by atoms with Gasteiger partial charge in [0.15, 0.2) is 0 Å². The predicted octanol–water partition coefficient (Wildman–Crippen LogP) is 4.76. The summed E-state index contributed by atoms with van der Waals surface area (Å²) >= 11 is 0. The number of alkyl halides is 3. The molecule has 0 fully saturated rings. The first-order valence-electron chi connectivity index (χ1n) is 6.95. The van der Waals surface area contributed by atoms with Crippen LogP contribution in [0.4, 0.5) is 24.5 Å². The maximum absolute atomic E-state index is 12.2. The standard InChI is InChI=1S/C17H14F3NO2/c1-22-15-6-2-4-12-5-3-11-21(16(12)15)13-7-9-14(10-8-13)23-17(18,19)20/h2-10H,11H2,1H3. The lowest BCUT2D eigenvalue weighted by atomic mass is 10.1. The van der Waals surface area contributed by atoms with Crippen LogP contribution in [0.25, 0.3) is 6.08 Å². The third-order valence-electron chi connectivity index (χ3n) is 3.49. The minimum Gasteiger partial charge on any atom is -0.495 e. The number of benzene rings is 2. The Labute approximate surface area is 131 Å². The second kappa shape index (κ2) is 5.87. The summed E-state index contributed by atoms with van der Waals surface area (Å²) in [5.41, 5.74) is 2.64. The van der Waals surface area contributed by atoms with Crippen molar-refractivity contribution in [3.8, 4) is 11.5 Å². The van der Waals surface area contributed by atoms with Crippen molar-refractivity contribution < 1.29 is 22.6 Å². The van der Waals surface area contributed by atoms with E-state index in [4.69, 9.17) is 4.74 Å². The first-order chi connectivity index (χ1) is 11.0. The quantitative estimate of drug-likeness (QED) is 0.813. The van der Waals surface area contributed by atoms with Crippen LogP contribution in [0.15, 0.2) is 48.5 Å². The smallest absolute Gasteiger partial charge is 0.495 e.